The third-order valence-electron chi connectivity index (χ3n) is 12.3. The summed E-state index contributed by atoms with van der Waals surface area (Å²) in [6, 6.07) is 0. The van der Waals surface area contributed by atoms with Crippen LogP contribution in [0.1, 0.15) is 284 Å². The van der Waals surface area contributed by atoms with E-state index in [0.29, 0.717) is 19.3 Å². The van der Waals surface area contributed by atoms with Gasteiger partial charge in [-0.15, -0.1) is 0 Å². The van der Waals surface area contributed by atoms with E-state index in [1.54, 1.807) is 0 Å². The minimum absolute atomic E-state index is 0.0828. The molecular weight excluding hydrogens is 817 g/mol. The monoisotopic (exact) mass is 923 g/mol. The topological polar surface area (TPSA) is 78.9 Å². The predicted molar refractivity (Wildman–Crippen MR) is 284 cm³/mol. The van der Waals surface area contributed by atoms with Crippen LogP contribution in [0.25, 0.3) is 0 Å². The van der Waals surface area contributed by atoms with Crippen molar-refractivity contribution in [2.75, 3.05) is 13.2 Å². The van der Waals surface area contributed by atoms with Gasteiger partial charge in [0.2, 0.25) is 0 Å². The normalized spacial score (nSPS) is 12.5. The molecule has 0 aromatic heterocycles. The van der Waals surface area contributed by atoms with Crippen LogP contribution in [0.5, 0.6) is 0 Å². The van der Waals surface area contributed by atoms with Gasteiger partial charge in [0.25, 0.3) is 0 Å². The van der Waals surface area contributed by atoms with Crippen molar-refractivity contribution in [3.05, 3.63) is 60.8 Å². The van der Waals surface area contributed by atoms with Crippen molar-refractivity contribution in [1.82, 2.24) is 0 Å². The molecule has 0 aliphatic carbocycles. The van der Waals surface area contributed by atoms with Gasteiger partial charge in [0.1, 0.15) is 13.2 Å². The van der Waals surface area contributed by atoms with Gasteiger partial charge < -0.3 is 14.2 Å². The first kappa shape index (κ1) is 63.1. The molecule has 0 aromatic rings. The summed E-state index contributed by atoms with van der Waals surface area (Å²) in [6.07, 6.45) is 67.9. The Balaban J connectivity index is 4.31. The lowest BCUT2D eigenvalue weighted by Gasteiger charge is -2.18. The summed E-state index contributed by atoms with van der Waals surface area (Å²) in [4.78, 5) is 38.0. The van der Waals surface area contributed by atoms with Crippen LogP contribution in [-0.4, -0.2) is 37.2 Å². The summed E-state index contributed by atoms with van der Waals surface area (Å²) in [5.74, 6) is -0.898. The maximum atomic E-state index is 12.8. The van der Waals surface area contributed by atoms with Gasteiger partial charge in [-0.3, -0.25) is 14.4 Å². The minimum atomic E-state index is -0.782. The zero-order chi connectivity index (χ0) is 47.9. The van der Waals surface area contributed by atoms with Crippen LogP contribution in [0.4, 0.5) is 0 Å². The Labute approximate surface area is 409 Å². The number of hydrogen-bond acceptors (Lipinski definition) is 6. The fraction of sp³-hybridized carbons (Fsp3) is 0.783. The van der Waals surface area contributed by atoms with Gasteiger partial charge >= 0.3 is 17.9 Å². The molecule has 0 aliphatic rings. The summed E-state index contributed by atoms with van der Waals surface area (Å²) in [5, 5.41) is 0. The van der Waals surface area contributed by atoms with Gasteiger partial charge in [-0.1, -0.05) is 248 Å². The van der Waals surface area contributed by atoms with Crippen molar-refractivity contribution >= 4 is 17.9 Å². The fourth-order valence-electron chi connectivity index (χ4n) is 8.00. The molecule has 0 N–H and O–H groups in total. The highest BCUT2D eigenvalue weighted by atomic mass is 16.6. The van der Waals surface area contributed by atoms with Crippen LogP contribution in [-0.2, 0) is 28.6 Å². The first-order valence-corrected chi connectivity index (χ1v) is 28.3. The second kappa shape index (κ2) is 54.7. The average molecular weight is 924 g/mol. The van der Waals surface area contributed by atoms with Gasteiger partial charge in [-0.05, 0) is 77.0 Å². The maximum Gasteiger partial charge on any atom is 0.306 e. The van der Waals surface area contributed by atoms with E-state index in [4.69, 9.17) is 14.2 Å². The highest BCUT2D eigenvalue weighted by Gasteiger charge is 2.19. The highest BCUT2D eigenvalue weighted by Crippen LogP contribution is 2.16. The van der Waals surface area contributed by atoms with Crippen LogP contribution in [0.2, 0.25) is 0 Å². The van der Waals surface area contributed by atoms with Crippen LogP contribution in [0.3, 0.4) is 0 Å². The van der Waals surface area contributed by atoms with Crippen molar-refractivity contribution in [1.29, 1.82) is 0 Å². The molecule has 0 aliphatic heterocycles. The molecular formula is C60H106O6. The number of unbranched alkanes of at least 4 members (excludes halogenated alkanes) is 30. The highest BCUT2D eigenvalue weighted by molar-refractivity contribution is 5.71. The molecule has 0 fully saturated rings. The van der Waals surface area contributed by atoms with E-state index in [9.17, 15) is 14.4 Å². The second-order valence-electron chi connectivity index (χ2n) is 18.8. The number of ether oxygens (including phenoxy) is 3. The van der Waals surface area contributed by atoms with Crippen LogP contribution >= 0.6 is 0 Å². The average Bonchev–Trinajstić information content (AvgIpc) is 3.31. The summed E-state index contributed by atoms with van der Waals surface area (Å²) in [6.45, 7) is 6.49. The fourth-order valence-corrected chi connectivity index (χ4v) is 8.00. The lowest BCUT2D eigenvalue weighted by atomic mass is 10.0. The van der Waals surface area contributed by atoms with Crippen molar-refractivity contribution in [2.45, 2.75) is 290 Å². The zero-order valence-corrected chi connectivity index (χ0v) is 43.7. The molecule has 0 bridgehead atoms. The third-order valence-corrected chi connectivity index (χ3v) is 12.3. The first-order chi connectivity index (χ1) is 32.5. The number of rotatable bonds is 51. The standard InChI is InChI=1S/C60H106O6/c1-4-7-10-13-16-19-22-24-26-28-30-32-34-36-38-41-44-47-50-53-59(62)65-56-57(55-64-58(61)52-49-46-43-40-21-18-15-12-9-6-3)66-60(63)54-51-48-45-42-39-37-35-33-31-29-27-25-23-20-17-14-11-8-5-2/h7,10,15-16,18-19,24,26,30,32,57H,4-6,8-9,11-14,17,20-23,25,27-29,31,33-56H2,1-3H3/b10-7-,18-15-,19-16-,26-24-,32-30-. The lowest BCUT2D eigenvalue weighted by molar-refractivity contribution is -0.167. The summed E-state index contributed by atoms with van der Waals surface area (Å²) >= 11 is 0. The van der Waals surface area contributed by atoms with Crippen molar-refractivity contribution in [3.8, 4) is 0 Å². The molecule has 1 atom stereocenters. The van der Waals surface area contributed by atoms with Gasteiger partial charge in [-0.2, -0.15) is 0 Å². The van der Waals surface area contributed by atoms with E-state index in [1.807, 2.05) is 0 Å². The van der Waals surface area contributed by atoms with Gasteiger partial charge in [0.15, 0.2) is 6.10 Å². The lowest BCUT2D eigenvalue weighted by Crippen LogP contribution is -2.30. The molecule has 6 heteroatoms. The zero-order valence-electron chi connectivity index (χ0n) is 43.7. The predicted octanol–water partition coefficient (Wildman–Crippen LogP) is 18.8. The molecule has 0 spiro atoms. The Kier molecular flexibility index (Phi) is 52.3. The molecule has 382 valence electrons. The van der Waals surface area contributed by atoms with Crippen molar-refractivity contribution in [2.24, 2.45) is 0 Å². The number of allylic oxidation sites excluding steroid dienone is 10. The summed E-state index contributed by atoms with van der Waals surface area (Å²) in [7, 11) is 0. The molecule has 66 heavy (non-hydrogen) atoms. The van der Waals surface area contributed by atoms with Crippen molar-refractivity contribution in [3.63, 3.8) is 0 Å². The molecule has 0 heterocycles. The van der Waals surface area contributed by atoms with E-state index in [1.165, 1.54) is 135 Å². The molecule has 1 unspecified atom stereocenters. The van der Waals surface area contributed by atoms with Crippen LogP contribution < -0.4 is 0 Å². The number of esters is 3. The van der Waals surface area contributed by atoms with Crippen LogP contribution in [0.15, 0.2) is 60.8 Å². The number of carbonyl (C=O) groups is 3. The Bertz CT molecular complexity index is 1200. The summed E-state index contributed by atoms with van der Waals surface area (Å²) < 4.78 is 16.8. The van der Waals surface area contributed by atoms with E-state index >= 15 is 0 Å². The number of hydrogen-bond donors (Lipinski definition) is 0. The molecule has 0 saturated carbocycles. The van der Waals surface area contributed by atoms with Crippen LogP contribution in [0, 0.1) is 0 Å². The van der Waals surface area contributed by atoms with Gasteiger partial charge in [-0.25, -0.2) is 0 Å². The summed E-state index contributed by atoms with van der Waals surface area (Å²) in [5.41, 5.74) is 0. The Hall–Kier alpha value is -2.89. The Morgan fingerprint density at radius 2 is 0.606 bits per heavy atom. The quantitative estimate of drug-likeness (QED) is 0.0262. The molecule has 0 amide bonds. The molecule has 0 rings (SSSR count). The first-order valence-electron chi connectivity index (χ1n) is 28.3. The van der Waals surface area contributed by atoms with Gasteiger partial charge in [0, 0.05) is 19.3 Å². The van der Waals surface area contributed by atoms with E-state index in [0.717, 1.165) is 109 Å². The van der Waals surface area contributed by atoms with Crippen molar-refractivity contribution < 1.29 is 28.6 Å². The largest absolute Gasteiger partial charge is 0.462 e. The Morgan fingerprint density at radius 1 is 0.318 bits per heavy atom. The van der Waals surface area contributed by atoms with E-state index in [2.05, 4.69) is 81.5 Å². The van der Waals surface area contributed by atoms with Gasteiger partial charge in [0.05, 0.1) is 0 Å². The van der Waals surface area contributed by atoms with E-state index < -0.39 is 6.10 Å². The number of carbonyl (C=O) groups excluding carboxylic acids is 3. The molecule has 0 saturated heterocycles. The molecule has 6 nitrogen and oxygen atoms in total. The third kappa shape index (κ3) is 52.1. The molecule has 0 aromatic carbocycles. The Morgan fingerprint density at radius 3 is 0.985 bits per heavy atom. The van der Waals surface area contributed by atoms with E-state index in [-0.39, 0.29) is 31.1 Å². The maximum absolute atomic E-state index is 12.8. The minimum Gasteiger partial charge on any atom is -0.462 e. The smallest absolute Gasteiger partial charge is 0.306 e. The molecule has 0 radical (unpaired) electrons. The SMILES string of the molecule is CC/C=C\C/C=C\C/C=C\C/C=C\CCCCCCCCC(=O)OCC(COC(=O)CCCCCC/C=C\CCCC)OC(=O)CCCCCCCCCCCCCCCCCCCCC. The second-order valence-corrected chi connectivity index (χ2v) is 18.8.